The first-order valence-electron chi connectivity index (χ1n) is 7.42. The van der Waals surface area contributed by atoms with E-state index in [-0.39, 0.29) is 11.9 Å². The van der Waals surface area contributed by atoms with Crippen molar-refractivity contribution in [3.63, 3.8) is 0 Å². The van der Waals surface area contributed by atoms with E-state index >= 15 is 0 Å². The molecule has 1 aromatic carbocycles. The van der Waals surface area contributed by atoms with Crippen molar-refractivity contribution in [1.29, 1.82) is 5.26 Å². The van der Waals surface area contributed by atoms with Gasteiger partial charge in [0, 0.05) is 5.69 Å². The van der Waals surface area contributed by atoms with Crippen LogP contribution in [0.3, 0.4) is 0 Å². The maximum atomic E-state index is 13.2. The third-order valence-corrected chi connectivity index (χ3v) is 4.28. The molecule has 1 aliphatic rings. The van der Waals surface area contributed by atoms with E-state index in [4.69, 9.17) is 10.00 Å². The molecule has 0 unspecified atom stereocenters. The SMILES string of the molecule is COC(=O)[C@@H]1CCc2c(cnn2Cc2ccc(F)cc2C#N)C1. The minimum atomic E-state index is -0.422. The van der Waals surface area contributed by atoms with Crippen LogP contribution in [-0.4, -0.2) is 22.9 Å². The molecule has 0 bridgehead atoms. The summed E-state index contributed by atoms with van der Waals surface area (Å²) >= 11 is 0. The van der Waals surface area contributed by atoms with Gasteiger partial charge >= 0.3 is 5.97 Å². The van der Waals surface area contributed by atoms with Crippen molar-refractivity contribution in [3.05, 3.63) is 52.6 Å². The van der Waals surface area contributed by atoms with Crippen LogP contribution >= 0.6 is 0 Å². The topological polar surface area (TPSA) is 67.9 Å². The summed E-state index contributed by atoms with van der Waals surface area (Å²) in [6.07, 6.45) is 3.84. The zero-order valence-electron chi connectivity index (χ0n) is 12.8. The van der Waals surface area contributed by atoms with Gasteiger partial charge in [0.05, 0.1) is 37.4 Å². The van der Waals surface area contributed by atoms with Gasteiger partial charge in [-0.1, -0.05) is 6.07 Å². The molecule has 0 radical (unpaired) electrons. The number of methoxy groups -OCH3 is 1. The molecule has 1 heterocycles. The predicted molar refractivity (Wildman–Crippen MR) is 80.0 cm³/mol. The summed E-state index contributed by atoms with van der Waals surface area (Å²) in [4.78, 5) is 11.7. The second-order valence-corrected chi connectivity index (χ2v) is 5.65. The third-order valence-electron chi connectivity index (χ3n) is 4.28. The number of fused-ring (bicyclic) bond motifs is 1. The number of halogens is 1. The minimum absolute atomic E-state index is 0.120. The molecular weight excluding hydrogens is 297 g/mol. The predicted octanol–water partition coefficient (Wildman–Crippen LogP) is 2.22. The van der Waals surface area contributed by atoms with E-state index in [0.717, 1.165) is 29.7 Å². The smallest absolute Gasteiger partial charge is 0.309 e. The molecule has 23 heavy (non-hydrogen) atoms. The molecule has 3 rings (SSSR count). The number of ether oxygens (including phenoxy) is 1. The van der Waals surface area contributed by atoms with E-state index in [1.54, 1.807) is 12.3 Å². The van der Waals surface area contributed by atoms with E-state index in [9.17, 15) is 9.18 Å². The Morgan fingerprint density at radius 3 is 3.13 bits per heavy atom. The highest BCUT2D eigenvalue weighted by molar-refractivity contribution is 5.73. The fourth-order valence-electron chi connectivity index (χ4n) is 3.04. The van der Waals surface area contributed by atoms with Crippen LogP contribution in [0.25, 0.3) is 0 Å². The molecule has 5 nitrogen and oxygen atoms in total. The highest BCUT2D eigenvalue weighted by Crippen LogP contribution is 2.27. The number of nitrogens with zero attached hydrogens (tertiary/aromatic N) is 3. The third kappa shape index (κ3) is 2.95. The number of nitriles is 1. The molecule has 0 aliphatic heterocycles. The molecule has 118 valence electrons. The molecule has 0 saturated heterocycles. The number of aromatic nitrogens is 2. The first-order chi connectivity index (χ1) is 11.1. The Hall–Kier alpha value is -2.68. The van der Waals surface area contributed by atoms with Crippen molar-refractivity contribution in [3.8, 4) is 6.07 Å². The summed E-state index contributed by atoms with van der Waals surface area (Å²) in [7, 11) is 1.40. The van der Waals surface area contributed by atoms with Gasteiger partial charge in [0.25, 0.3) is 0 Å². The van der Waals surface area contributed by atoms with Crippen LogP contribution < -0.4 is 0 Å². The van der Waals surface area contributed by atoms with Gasteiger partial charge < -0.3 is 4.74 Å². The number of benzene rings is 1. The highest BCUT2D eigenvalue weighted by Gasteiger charge is 2.28. The van der Waals surface area contributed by atoms with Gasteiger partial charge in [-0.3, -0.25) is 9.48 Å². The van der Waals surface area contributed by atoms with Gasteiger partial charge in [-0.2, -0.15) is 10.4 Å². The first kappa shape index (κ1) is 15.2. The minimum Gasteiger partial charge on any atom is -0.469 e. The van der Waals surface area contributed by atoms with Crippen LogP contribution in [-0.2, 0) is 28.9 Å². The molecule has 1 aliphatic carbocycles. The Labute approximate surface area is 133 Å². The van der Waals surface area contributed by atoms with Gasteiger partial charge in [-0.05, 0) is 42.5 Å². The molecule has 0 N–H and O–H groups in total. The van der Waals surface area contributed by atoms with Crippen molar-refractivity contribution in [2.75, 3.05) is 7.11 Å². The van der Waals surface area contributed by atoms with Crippen LogP contribution in [0.5, 0.6) is 0 Å². The fourth-order valence-corrected chi connectivity index (χ4v) is 3.04. The van der Waals surface area contributed by atoms with Crippen molar-refractivity contribution in [2.45, 2.75) is 25.8 Å². The number of rotatable bonds is 3. The molecular formula is C17H16FN3O2. The van der Waals surface area contributed by atoms with Gasteiger partial charge in [0.1, 0.15) is 5.82 Å². The number of esters is 1. The van der Waals surface area contributed by atoms with Crippen molar-refractivity contribution in [1.82, 2.24) is 9.78 Å². The quantitative estimate of drug-likeness (QED) is 0.815. The van der Waals surface area contributed by atoms with Crippen molar-refractivity contribution in [2.24, 2.45) is 5.92 Å². The van der Waals surface area contributed by atoms with Crippen molar-refractivity contribution >= 4 is 5.97 Å². The zero-order chi connectivity index (χ0) is 16.4. The molecule has 0 saturated carbocycles. The number of hydrogen-bond donors (Lipinski definition) is 0. The van der Waals surface area contributed by atoms with Crippen LogP contribution in [0.4, 0.5) is 4.39 Å². The normalized spacial score (nSPS) is 16.5. The molecule has 1 atom stereocenters. The Bertz CT molecular complexity index is 792. The summed E-state index contributed by atoms with van der Waals surface area (Å²) in [5.41, 5.74) is 3.15. The average Bonchev–Trinajstić information content (AvgIpc) is 2.97. The second kappa shape index (κ2) is 6.21. The molecule has 2 aromatic rings. The van der Waals surface area contributed by atoms with E-state index in [1.165, 1.54) is 19.2 Å². The van der Waals surface area contributed by atoms with E-state index in [1.807, 2.05) is 10.8 Å². The van der Waals surface area contributed by atoms with Crippen molar-refractivity contribution < 1.29 is 13.9 Å². The lowest BCUT2D eigenvalue weighted by molar-refractivity contribution is -0.145. The standard InChI is InChI=1S/C17H16FN3O2/c1-23-17(22)11-3-5-16-14(6-11)9-20-21(16)10-12-2-4-15(18)7-13(12)8-19/h2,4,7,9,11H,3,5-6,10H2,1H3/t11-/m1/s1. The largest absolute Gasteiger partial charge is 0.469 e. The number of hydrogen-bond acceptors (Lipinski definition) is 4. The zero-order valence-corrected chi connectivity index (χ0v) is 12.8. The molecule has 0 fully saturated rings. The average molecular weight is 313 g/mol. The summed E-state index contributed by atoms with van der Waals surface area (Å²) < 4.78 is 19.9. The van der Waals surface area contributed by atoms with Gasteiger partial charge in [0.2, 0.25) is 0 Å². The molecule has 1 aromatic heterocycles. The Balaban J connectivity index is 1.84. The fraction of sp³-hybridized carbons (Fsp3) is 0.353. The lowest BCUT2D eigenvalue weighted by Crippen LogP contribution is -2.24. The Morgan fingerprint density at radius 1 is 1.57 bits per heavy atom. The van der Waals surface area contributed by atoms with E-state index in [0.29, 0.717) is 18.5 Å². The van der Waals surface area contributed by atoms with E-state index < -0.39 is 5.82 Å². The first-order valence-corrected chi connectivity index (χ1v) is 7.42. The Morgan fingerprint density at radius 2 is 2.39 bits per heavy atom. The summed E-state index contributed by atoms with van der Waals surface area (Å²) in [5, 5.41) is 13.5. The number of carbonyl (C=O) groups excluding carboxylic acids is 1. The van der Waals surface area contributed by atoms with Gasteiger partial charge in [-0.25, -0.2) is 4.39 Å². The molecule has 0 spiro atoms. The van der Waals surface area contributed by atoms with Gasteiger partial charge in [-0.15, -0.1) is 0 Å². The Kier molecular flexibility index (Phi) is 4.11. The van der Waals surface area contributed by atoms with Crippen LogP contribution in [0, 0.1) is 23.1 Å². The van der Waals surface area contributed by atoms with Gasteiger partial charge in [0.15, 0.2) is 0 Å². The summed E-state index contributed by atoms with van der Waals surface area (Å²) in [6, 6.07) is 6.21. The van der Waals surface area contributed by atoms with Crippen LogP contribution in [0.1, 0.15) is 28.8 Å². The molecule has 0 amide bonds. The van der Waals surface area contributed by atoms with E-state index in [2.05, 4.69) is 5.10 Å². The number of carbonyl (C=O) groups is 1. The monoisotopic (exact) mass is 313 g/mol. The van der Waals surface area contributed by atoms with Crippen LogP contribution in [0.15, 0.2) is 24.4 Å². The lowest BCUT2D eigenvalue weighted by atomic mass is 9.88. The molecule has 6 heteroatoms. The highest BCUT2D eigenvalue weighted by atomic mass is 19.1. The second-order valence-electron chi connectivity index (χ2n) is 5.65. The lowest BCUT2D eigenvalue weighted by Gasteiger charge is -2.21. The maximum absolute atomic E-state index is 13.2. The summed E-state index contributed by atoms with van der Waals surface area (Å²) in [6.45, 7) is 0.418. The summed E-state index contributed by atoms with van der Waals surface area (Å²) in [5.74, 6) is -0.729. The van der Waals surface area contributed by atoms with Crippen LogP contribution in [0.2, 0.25) is 0 Å². The maximum Gasteiger partial charge on any atom is 0.309 e.